The Morgan fingerprint density at radius 2 is 1.71 bits per heavy atom. The van der Waals surface area contributed by atoms with E-state index in [-0.39, 0.29) is 4.91 Å². The van der Waals surface area contributed by atoms with E-state index in [1.807, 2.05) is 30.3 Å². The lowest BCUT2D eigenvalue weighted by Gasteiger charge is -2.04. The molecule has 1 heterocycles. The van der Waals surface area contributed by atoms with Crippen molar-refractivity contribution in [3.8, 4) is 5.75 Å². The first-order chi connectivity index (χ1) is 11.5. The summed E-state index contributed by atoms with van der Waals surface area (Å²) in [5, 5.41) is 0. The average Bonchev–Trinajstić information content (AvgIpc) is 2.83. The molecule has 0 fully saturated rings. The first kappa shape index (κ1) is 16.3. The highest BCUT2D eigenvalue weighted by Crippen LogP contribution is 2.30. The van der Waals surface area contributed by atoms with Crippen molar-refractivity contribution in [2.45, 2.75) is 13.5 Å². The number of amidine groups is 1. The van der Waals surface area contributed by atoms with Crippen LogP contribution >= 0.6 is 0 Å². The number of hydrogen-bond acceptors (Lipinski definition) is 4. The Morgan fingerprint density at radius 3 is 2.33 bits per heavy atom. The Hall–Kier alpha value is -2.60. The lowest BCUT2D eigenvalue weighted by molar-refractivity contribution is 0.415. The molecule has 0 aromatic heterocycles. The van der Waals surface area contributed by atoms with Gasteiger partial charge in [0.1, 0.15) is 16.5 Å². The van der Waals surface area contributed by atoms with Crippen LogP contribution in [0.2, 0.25) is 0 Å². The van der Waals surface area contributed by atoms with Gasteiger partial charge in [0.2, 0.25) is 0 Å². The van der Waals surface area contributed by atoms with E-state index in [0.29, 0.717) is 29.3 Å². The van der Waals surface area contributed by atoms with E-state index < -0.39 is 10.0 Å². The molecule has 1 N–H and O–H groups in total. The molecule has 0 bridgehead atoms. The molecule has 0 aliphatic carbocycles. The third-order valence-corrected chi connectivity index (χ3v) is 5.35. The highest BCUT2D eigenvalue weighted by Gasteiger charge is 2.32. The maximum atomic E-state index is 12.5. The van der Waals surface area contributed by atoms with Crippen LogP contribution in [-0.2, 0) is 16.6 Å². The molecule has 0 saturated carbocycles. The molecule has 2 aromatic rings. The lowest BCUT2D eigenvalue weighted by atomic mass is 10.1. The molecule has 24 heavy (non-hydrogen) atoms. The van der Waals surface area contributed by atoms with Gasteiger partial charge in [0.25, 0.3) is 10.0 Å². The molecule has 1 aliphatic rings. The number of nitrogens with zero attached hydrogens (tertiary/aromatic N) is 1. The zero-order chi connectivity index (χ0) is 17.2. The van der Waals surface area contributed by atoms with E-state index in [9.17, 15) is 8.42 Å². The van der Waals surface area contributed by atoms with Gasteiger partial charge in [0.05, 0.1) is 13.7 Å². The number of aliphatic imine (C=N–C) groups is 1. The summed E-state index contributed by atoms with van der Waals surface area (Å²) in [6.45, 7) is 2.19. The van der Waals surface area contributed by atoms with Gasteiger partial charge in [0.15, 0.2) is 0 Å². The van der Waals surface area contributed by atoms with Gasteiger partial charge in [-0.05, 0) is 42.3 Å². The molecule has 0 unspecified atom stereocenters. The molecule has 124 valence electrons. The van der Waals surface area contributed by atoms with Crippen molar-refractivity contribution in [1.29, 1.82) is 0 Å². The number of sulfonamides is 1. The second-order valence-electron chi connectivity index (χ2n) is 5.44. The highest BCUT2D eigenvalue weighted by molar-refractivity contribution is 8.00. The fourth-order valence-electron chi connectivity index (χ4n) is 2.58. The van der Waals surface area contributed by atoms with Crippen molar-refractivity contribution >= 4 is 20.8 Å². The fraction of sp³-hybridized carbons (Fsp3) is 0.167. The topological polar surface area (TPSA) is 67.8 Å². The maximum Gasteiger partial charge on any atom is 0.264 e. The quantitative estimate of drug-likeness (QED) is 0.929. The summed E-state index contributed by atoms with van der Waals surface area (Å²) in [7, 11) is -2.03. The first-order valence-corrected chi connectivity index (χ1v) is 8.96. The molecular weight excluding hydrogens is 324 g/mol. The summed E-state index contributed by atoms with van der Waals surface area (Å²) in [5.74, 6) is 1.07. The van der Waals surface area contributed by atoms with Crippen LogP contribution in [0.1, 0.15) is 18.1 Å². The predicted octanol–water partition coefficient (Wildman–Crippen LogP) is 2.96. The van der Waals surface area contributed by atoms with Crippen LogP contribution in [0.3, 0.4) is 0 Å². The van der Waals surface area contributed by atoms with Crippen LogP contribution in [0, 0.1) is 0 Å². The predicted molar refractivity (Wildman–Crippen MR) is 95.2 cm³/mol. The van der Waals surface area contributed by atoms with E-state index in [4.69, 9.17) is 4.74 Å². The summed E-state index contributed by atoms with van der Waals surface area (Å²) in [4.78, 5) is 4.68. The zero-order valence-electron chi connectivity index (χ0n) is 13.5. The number of methoxy groups -OCH3 is 1. The Bertz CT molecular complexity index is 899. The van der Waals surface area contributed by atoms with E-state index in [1.165, 1.54) is 0 Å². The lowest BCUT2D eigenvalue weighted by Crippen LogP contribution is -2.23. The van der Waals surface area contributed by atoms with Crippen molar-refractivity contribution in [1.82, 2.24) is 4.72 Å². The Labute approximate surface area is 141 Å². The van der Waals surface area contributed by atoms with Crippen molar-refractivity contribution < 1.29 is 13.2 Å². The van der Waals surface area contributed by atoms with Gasteiger partial charge in [-0.2, -0.15) is 0 Å². The van der Waals surface area contributed by atoms with Gasteiger partial charge in [-0.15, -0.1) is 0 Å². The zero-order valence-corrected chi connectivity index (χ0v) is 14.3. The molecule has 1 aliphatic heterocycles. The van der Waals surface area contributed by atoms with Gasteiger partial charge in [-0.3, -0.25) is 9.71 Å². The fourth-order valence-corrected chi connectivity index (χ4v) is 4.10. The number of ether oxygens (including phenoxy) is 1. The Kier molecular flexibility index (Phi) is 4.40. The van der Waals surface area contributed by atoms with Crippen LogP contribution in [0.15, 0.2) is 65.2 Å². The standard InChI is InChI=1S/C18H18N2O3S/c1-13-17(15-8-10-16(23-2)11-9-15)24(21,22)20-18(13)19-12-14-6-4-3-5-7-14/h3-11H,12H2,1-2H3,(H,19,20). The van der Waals surface area contributed by atoms with Crippen LogP contribution in [0.25, 0.3) is 4.91 Å². The molecule has 2 aromatic carbocycles. The molecule has 3 rings (SSSR count). The monoisotopic (exact) mass is 342 g/mol. The summed E-state index contributed by atoms with van der Waals surface area (Å²) >= 11 is 0. The third-order valence-electron chi connectivity index (χ3n) is 3.81. The minimum atomic E-state index is -3.60. The molecule has 0 spiro atoms. The number of rotatable bonds is 4. The average molecular weight is 342 g/mol. The molecule has 0 saturated heterocycles. The van der Waals surface area contributed by atoms with Gasteiger partial charge in [0, 0.05) is 5.57 Å². The van der Waals surface area contributed by atoms with E-state index in [1.54, 1.807) is 38.3 Å². The van der Waals surface area contributed by atoms with Gasteiger partial charge in [-0.25, -0.2) is 8.42 Å². The minimum Gasteiger partial charge on any atom is -0.497 e. The molecular formula is C18H18N2O3S. The largest absolute Gasteiger partial charge is 0.497 e. The summed E-state index contributed by atoms with van der Waals surface area (Å²) in [5.41, 5.74) is 2.26. The number of benzene rings is 2. The van der Waals surface area contributed by atoms with Crippen molar-refractivity contribution in [2.75, 3.05) is 7.11 Å². The Morgan fingerprint density at radius 1 is 1.04 bits per heavy atom. The van der Waals surface area contributed by atoms with Gasteiger partial charge < -0.3 is 4.74 Å². The third kappa shape index (κ3) is 3.19. The van der Waals surface area contributed by atoms with Crippen LogP contribution in [-0.4, -0.2) is 21.4 Å². The second-order valence-corrected chi connectivity index (χ2v) is 7.06. The van der Waals surface area contributed by atoms with E-state index in [0.717, 1.165) is 5.56 Å². The molecule has 6 heteroatoms. The number of hydrogen-bond donors (Lipinski definition) is 1. The molecule has 0 atom stereocenters. The summed E-state index contributed by atoms with van der Waals surface area (Å²) < 4.78 is 32.6. The van der Waals surface area contributed by atoms with E-state index >= 15 is 0 Å². The summed E-state index contributed by atoms with van der Waals surface area (Å²) in [6, 6.07) is 16.7. The maximum absolute atomic E-state index is 12.5. The summed E-state index contributed by atoms with van der Waals surface area (Å²) in [6.07, 6.45) is 0. The number of nitrogens with one attached hydrogen (secondary N) is 1. The van der Waals surface area contributed by atoms with E-state index in [2.05, 4.69) is 9.71 Å². The SMILES string of the molecule is COc1ccc(C2=C(C)C(=NCc3ccccc3)NS2(=O)=O)cc1. The Balaban J connectivity index is 1.95. The molecule has 5 nitrogen and oxygen atoms in total. The van der Waals surface area contributed by atoms with Gasteiger partial charge >= 0.3 is 0 Å². The van der Waals surface area contributed by atoms with Gasteiger partial charge in [-0.1, -0.05) is 30.3 Å². The normalized spacial score (nSPS) is 17.8. The smallest absolute Gasteiger partial charge is 0.264 e. The molecule has 0 radical (unpaired) electrons. The van der Waals surface area contributed by atoms with Crippen LogP contribution < -0.4 is 9.46 Å². The highest BCUT2D eigenvalue weighted by atomic mass is 32.2. The molecule has 0 amide bonds. The van der Waals surface area contributed by atoms with Crippen LogP contribution in [0.4, 0.5) is 0 Å². The van der Waals surface area contributed by atoms with Crippen molar-refractivity contribution in [3.05, 3.63) is 71.3 Å². The van der Waals surface area contributed by atoms with Crippen LogP contribution in [0.5, 0.6) is 5.75 Å². The minimum absolute atomic E-state index is 0.261. The first-order valence-electron chi connectivity index (χ1n) is 7.48. The van der Waals surface area contributed by atoms with Crippen molar-refractivity contribution in [3.63, 3.8) is 0 Å². The van der Waals surface area contributed by atoms with Crippen molar-refractivity contribution in [2.24, 2.45) is 4.99 Å². The second kappa shape index (κ2) is 6.49.